The zero-order chi connectivity index (χ0) is 24.9. The van der Waals surface area contributed by atoms with Gasteiger partial charge in [0, 0.05) is 26.1 Å². The number of benzene rings is 2. The number of halogens is 2. The normalized spacial score (nSPS) is 14.5. The molecule has 0 saturated carbocycles. The minimum Gasteiger partial charge on any atom is -0.379 e. The highest BCUT2D eigenvalue weighted by atomic mass is 35.5. The van der Waals surface area contributed by atoms with Crippen LogP contribution in [-0.2, 0) is 22.4 Å². The number of Topliss-reactive ketones (excluding diaryl/α,β-unsaturated/α-hetero) is 1. The van der Waals surface area contributed by atoms with Gasteiger partial charge in [-0.1, -0.05) is 37.6 Å². The molecule has 35 heavy (non-hydrogen) atoms. The van der Waals surface area contributed by atoms with Crippen LogP contribution in [0.25, 0.3) is 11.4 Å². The third kappa shape index (κ3) is 6.25. The van der Waals surface area contributed by atoms with Crippen molar-refractivity contribution in [3.63, 3.8) is 0 Å². The lowest BCUT2D eigenvalue weighted by Crippen LogP contribution is -2.37. The molecule has 186 valence electrons. The highest BCUT2D eigenvalue weighted by Gasteiger charge is 2.20. The fourth-order valence-electron chi connectivity index (χ4n) is 4.19. The Hall–Kier alpha value is -2.81. The molecule has 1 fully saturated rings. The van der Waals surface area contributed by atoms with Gasteiger partial charge in [0.1, 0.15) is 17.4 Å². The van der Waals surface area contributed by atoms with Gasteiger partial charge < -0.3 is 4.74 Å². The summed E-state index contributed by atoms with van der Waals surface area (Å²) in [6.07, 6.45) is 1.27. The zero-order valence-electron chi connectivity index (χ0n) is 20.0. The molecular weight excluding hydrogens is 471 g/mol. The van der Waals surface area contributed by atoms with E-state index in [1.54, 1.807) is 0 Å². The van der Waals surface area contributed by atoms with Crippen molar-refractivity contribution in [2.24, 2.45) is 5.92 Å². The maximum Gasteiger partial charge on any atom is 0.355 e. The van der Waals surface area contributed by atoms with Crippen molar-refractivity contribution in [2.75, 3.05) is 32.8 Å². The first-order valence-corrected chi connectivity index (χ1v) is 12.3. The van der Waals surface area contributed by atoms with Gasteiger partial charge in [-0.3, -0.25) is 9.69 Å². The molecule has 0 radical (unpaired) electrons. The average Bonchev–Trinajstić information content (AvgIpc) is 3.15. The first-order chi connectivity index (χ1) is 16.8. The fraction of sp³-hybridized carbons (Fsp3) is 0.423. The van der Waals surface area contributed by atoms with E-state index in [0.29, 0.717) is 23.6 Å². The molecule has 4 rings (SSSR count). The maximum absolute atomic E-state index is 13.8. The van der Waals surface area contributed by atoms with E-state index in [4.69, 9.17) is 16.3 Å². The largest absolute Gasteiger partial charge is 0.379 e. The lowest BCUT2D eigenvalue weighted by Gasteiger charge is -2.26. The summed E-state index contributed by atoms with van der Waals surface area (Å²) in [5.74, 6) is -0.124. The predicted octanol–water partition coefficient (Wildman–Crippen LogP) is 3.85. The number of ether oxygens (including phenoxy) is 1. The van der Waals surface area contributed by atoms with Gasteiger partial charge in [-0.15, -0.1) is 5.10 Å². The fourth-order valence-corrected chi connectivity index (χ4v) is 4.37. The van der Waals surface area contributed by atoms with Crippen molar-refractivity contribution in [3.05, 3.63) is 75.2 Å². The smallest absolute Gasteiger partial charge is 0.355 e. The average molecular weight is 501 g/mol. The number of rotatable bonds is 9. The number of carbonyl (C=O) groups excluding carboxylic acids is 1. The first kappa shape index (κ1) is 25.3. The number of hydrogen-bond acceptors (Lipinski definition) is 5. The minimum absolute atomic E-state index is 0.00690. The van der Waals surface area contributed by atoms with Gasteiger partial charge in [0.25, 0.3) is 0 Å². The molecule has 0 spiro atoms. The summed E-state index contributed by atoms with van der Waals surface area (Å²) in [4.78, 5) is 28.3. The minimum atomic E-state index is -0.582. The van der Waals surface area contributed by atoms with E-state index in [9.17, 15) is 14.0 Å². The molecule has 3 aromatic rings. The molecule has 0 atom stereocenters. The SMILES string of the molecule is CC(C)CC(=O)Cc1nn(-c2ccc(CCN3CCOCC3)cc2)c(=O)n1-c1ccc(F)c(Cl)c1. The number of carbonyl (C=O) groups is 1. The van der Waals surface area contributed by atoms with Gasteiger partial charge in [-0.25, -0.2) is 13.8 Å². The summed E-state index contributed by atoms with van der Waals surface area (Å²) >= 11 is 5.98. The van der Waals surface area contributed by atoms with E-state index in [0.717, 1.165) is 44.8 Å². The Morgan fingerprint density at radius 2 is 1.80 bits per heavy atom. The van der Waals surface area contributed by atoms with Crippen LogP contribution < -0.4 is 5.69 Å². The molecular formula is C26H30ClFN4O3. The first-order valence-electron chi connectivity index (χ1n) is 11.9. The molecule has 0 aliphatic carbocycles. The van der Waals surface area contributed by atoms with E-state index < -0.39 is 11.5 Å². The van der Waals surface area contributed by atoms with Gasteiger partial charge >= 0.3 is 5.69 Å². The molecule has 1 saturated heterocycles. The van der Waals surface area contributed by atoms with Crippen LogP contribution in [0.1, 0.15) is 31.7 Å². The van der Waals surface area contributed by atoms with E-state index >= 15 is 0 Å². The van der Waals surface area contributed by atoms with Gasteiger partial charge in [0.05, 0.1) is 36.0 Å². The number of ketones is 1. The molecule has 1 aliphatic rings. The molecule has 9 heteroatoms. The van der Waals surface area contributed by atoms with Gasteiger partial charge in [-0.2, -0.15) is 4.68 Å². The highest BCUT2D eigenvalue weighted by Crippen LogP contribution is 2.20. The quantitative estimate of drug-likeness (QED) is 0.446. The second kappa shape index (κ2) is 11.3. The monoisotopic (exact) mass is 500 g/mol. The predicted molar refractivity (Wildman–Crippen MR) is 133 cm³/mol. The third-order valence-corrected chi connectivity index (χ3v) is 6.29. The topological polar surface area (TPSA) is 69.4 Å². The number of morpholine rings is 1. The van der Waals surface area contributed by atoms with Crippen LogP contribution in [0.5, 0.6) is 0 Å². The van der Waals surface area contributed by atoms with Crippen LogP contribution >= 0.6 is 11.6 Å². The zero-order valence-corrected chi connectivity index (χ0v) is 20.8. The molecule has 0 unspecified atom stereocenters. The summed E-state index contributed by atoms with van der Waals surface area (Å²) in [6, 6.07) is 11.7. The summed E-state index contributed by atoms with van der Waals surface area (Å²) in [5, 5.41) is 4.39. The summed E-state index contributed by atoms with van der Waals surface area (Å²) in [7, 11) is 0. The summed E-state index contributed by atoms with van der Waals surface area (Å²) < 4.78 is 21.8. The number of nitrogens with zero attached hydrogens (tertiary/aromatic N) is 4. The van der Waals surface area contributed by atoms with E-state index in [-0.39, 0.29) is 23.1 Å². The molecule has 2 aromatic carbocycles. The van der Waals surface area contributed by atoms with Crippen LogP contribution in [0.4, 0.5) is 4.39 Å². The van der Waals surface area contributed by atoms with Crippen molar-refractivity contribution in [1.29, 1.82) is 0 Å². The Balaban J connectivity index is 1.62. The number of aromatic nitrogens is 3. The van der Waals surface area contributed by atoms with Crippen molar-refractivity contribution in [1.82, 2.24) is 19.2 Å². The van der Waals surface area contributed by atoms with Crippen LogP contribution in [0.15, 0.2) is 47.3 Å². The second-order valence-corrected chi connectivity index (χ2v) is 9.64. The third-order valence-electron chi connectivity index (χ3n) is 6.00. The van der Waals surface area contributed by atoms with Crippen molar-refractivity contribution >= 4 is 17.4 Å². The van der Waals surface area contributed by atoms with Crippen LogP contribution in [0.3, 0.4) is 0 Å². The van der Waals surface area contributed by atoms with Crippen molar-refractivity contribution in [2.45, 2.75) is 33.1 Å². The molecule has 0 bridgehead atoms. The molecule has 7 nitrogen and oxygen atoms in total. The number of hydrogen-bond donors (Lipinski definition) is 0. The molecule has 1 aromatic heterocycles. The summed E-state index contributed by atoms with van der Waals surface area (Å²) in [5.41, 5.74) is 1.67. The van der Waals surface area contributed by atoms with Crippen LogP contribution in [-0.4, -0.2) is 57.9 Å². The second-order valence-electron chi connectivity index (χ2n) is 9.23. The summed E-state index contributed by atoms with van der Waals surface area (Å²) in [6.45, 7) is 8.30. The van der Waals surface area contributed by atoms with Gasteiger partial charge in [-0.05, 0) is 48.2 Å². The van der Waals surface area contributed by atoms with Crippen LogP contribution in [0, 0.1) is 11.7 Å². The maximum atomic E-state index is 13.8. The molecule has 2 heterocycles. The van der Waals surface area contributed by atoms with E-state index in [1.165, 1.54) is 27.4 Å². The highest BCUT2D eigenvalue weighted by molar-refractivity contribution is 6.30. The Labute approximate surface area is 209 Å². The van der Waals surface area contributed by atoms with Crippen molar-refractivity contribution in [3.8, 4) is 11.4 Å². The van der Waals surface area contributed by atoms with E-state index in [1.807, 2.05) is 38.1 Å². The standard InChI is InChI=1S/C26H30ClFN4O3/c1-18(2)15-22(33)17-25-29-32(26(34)31(25)21-7-8-24(28)23(27)16-21)20-5-3-19(4-6-20)9-10-30-11-13-35-14-12-30/h3-8,16,18H,9-15,17H2,1-2H3. The Kier molecular flexibility index (Phi) is 8.15. The molecule has 1 aliphatic heterocycles. The van der Waals surface area contributed by atoms with Crippen molar-refractivity contribution < 1.29 is 13.9 Å². The van der Waals surface area contributed by atoms with Gasteiger partial charge in [0.2, 0.25) is 0 Å². The van der Waals surface area contributed by atoms with E-state index in [2.05, 4.69) is 10.00 Å². The molecule has 0 N–H and O–H groups in total. The lowest BCUT2D eigenvalue weighted by molar-refractivity contribution is -0.119. The van der Waals surface area contributed by atoms with Crippen LogP contribution in [0.2, 0.25) is 5.02 Å². The molecule has 0 amide bonds. The lowest BCUT2D eigenvalue weighted by atomic mass is 10.1. The Morgan fingerprint density at radius 1 is 1.11 bits per heavy atom. The van der Waals surface area contributed by atoms with Gasteiger partial charge in [0.15, 0.2) is 0 Å². The Morgan fingerprint density at radius 3 is 2.46 bits per heavy atom. The Bertz CT molecular complexity index is 1230.